The lowest BCUT2D eigenvalue weighted by Gasteiger charge is -2.39. The van der Waals surface area contributed by atoms with Gasteiger partial charge in [-0.1, -0.05) is 23.7 Å². The minimum Gasteiger partial charge on any atom is -0.368 e. The molecular weight excluding hydrogens is 338 g/mol. The van der Waals surface area contributed by atoms with E-state index >= 15 is 0 Å². The fourth-order valence-electron chi connectivity index (χ4n) is 3.08. The van der Waals surface area contributed by atoms with E-state index in [1.165, 1.54) is 0 Å². The van der Waals surface area contributed by atoms with E-state index < -0.39 is 6.04 Å². The SMILES string of the molecule is N#Cc1ccc(N2CCN(C(C(N)=O)c3ccc(Cl)cc3)CC2)cn1. The van der Waals surface area contributed by atoms with Crippen molar-refractivity contribution in [2.75, 3.05) is 31.1 Å². The van der Waals surface area contributed by atoms with Crippen LogP contribution in [0.4, 0.5) is 5.69 Å². The molecule has 1 aromatic heterocycles. The van der Waals surface area contributed by atoms with Gasteiger partial charge in [0, 0.05) is 31.2 Å². The van der Waals surface area contributed by atoms with E-state index in [4.69, 9.17) is 22.6 Å². The number of hydrogen-bond acceptors (Lipinski definition) is 5. The van der Waals surface area contributed by atoms with Crippen molar-refractivity contribution < 1.29 is 4.79 Å². The van der Waals surface area contributed by atoms with Gasteiger partial charge >= 0.3 is 0 Å². The molecule has 0 spiro atoms. The maximum Gasteiger partial charge on any atom is 0.239 e. The maximum absolute atomic E-state index is 12.0. The van der Waals surface area contributed by atoms with Crippen molar-refractivity contribution in [2.24, 2.45) is 5.73 Å². The third kappa shape index (κ3) is 3.90. The highest BCUT2D eigenvalue weighted by atomic mass is 35.5. The molecular formula is C18H18ClN5O. The smallest absolute Gasteiger partial charge is 0.239 e. The van der Waals surface area contributed by atoms with Crippen LogP contribution in [0.3, 0.4) is 0 Å². The number of nitriles is 1. The molecule has 128 valence electrons. The Bertz CT molecular complexity index is 777. The standard InChI is InChI=1S/C18H18ClN5O/c19-14-3-1-13(2-4-14)17(18(21)25)24-9-7-23(8-10-24)16-6-5-15(11-20)22-12-16/h1-6,12,17H,7-10H2,(H2,21,25). The number of amides is 1. The van der Waals surface area contributed by atoms with Gasteiger partial charge in [0.25, 0.3) is 0 Å². The van der Waals surface area contributed by atoms with Crippen molar-refractivity contribution in [3.05, 3.63) is 58.9 Å². The molecule has 1 amide bonds. The third-order valence-electron chi connectivity index (χ3n) is 4.36. The van der Waals surface area contributed by atoms with Crippen LogP contribution in [0.25, 0.3) is 0 Å². The monoisotopic (exact) mass is 355 g/mol. The molecule has 25 heavy (non-hydrogen) atoms. The summed E-state index contributed by atoms with van der Waals surface area (Å²) in [7, 11) is 0. The van der Waals surface area contributed by atoms with Gasteiger partial charge in [-0.25, -0.2) is 4.98 Å². The Morgan fingerprint density at radius 1 is 1.16 bits per heavy atom. The zero-order valence-corrected chi connectivity index (χ0v) is 14.4. The molecule has 3 rings (SSSR count). The zero-order chi connectivity index (χ0) is 17.8. The van der Waals surface area contributed by atoms with Crippen LogP contribution in [0.2, 0.25) is 5.02 Å². The van der Waals surface area contributed by atoms with Crippen molar-refractivity contribution in [1.82, 2.24) is 9.88 Å². The summed E-state index contributed by atoms with van der Waals surface area (Å²) in [4.78, 5) is 20.4. The lowest BCUT2D eigenvalue weighted by atomic mass is 10.0. The number of primary amides is 1. The van der Waals surface area contributed by atoms with E-state index in [1.807, 2.05) is 24.3 Å². The Hall–Kier alpha value is -2.62. The average Bonchev–Trinajstić information content (AvgIpc) is 2.64. The van der Waals surface area contributed by atoms with E-state index in [2.05, 4.69) is 14.8 Å². The highest BCUT2D eigenvalue weighted by Gasteiger charge is 2.29. The summed E-state index contributed by atoms with van der Waals surface area (Å²) in [6.45, 7) is 2.92. The van der Waals surface area contributed by atoms with Crippen LogP contribution in [-0.4, -0.2) is 42.0 Å². The van der Waals surface area contributed by atoms with Gasteiger partial charge < -0.3 is 10.6 Å². The average molecular weight is 356 g/mol. The lowest BCUT2D eigenvalue weighted by Crippen LogP contribution is -2.50. The number of nitrogens with zero attached hydrogens (tertiary/aromatic N) is 4. The Kier molecular flexibility index (Phi) is 5.17. The van der Waals surface area contributed by atoms with Crippen LogP contribution in [0.15, 0.2) is 42.6 Å². The lowest BCUT2D eigenvalue weighted by molar-refractivity contribution is -0.123. The number of anilines is 1. The fraction of sp³-hybridized carbons (Fsp3) is 0.278. The number of rotatable bonds is 4. The highest BCUT2D eigenvalue weighted by Crippen LogP contribution is 2.25. The molecule has 0 saturated carbocycles. The van der Waals surface area contributed by atoms with Crippen molar-refractivity contribution >= 4 is 23.2 Å². The number of hydrogen-bond donors (Lipinski definition) is 1. The number of nitrogens with two attached hydrogens (primary N) is 1. The zero-order valence-electron chi connectivity index (χ0n) is 13.6. The first-order chi connectivity index (χ1) is 12.1. The molecule has 2 N–H and O–H groups in total. The molecule has 0 bridgehead atoms. The Labute approximate surface area is 151 Å². The van der Waals surface area contributed by atoms with Gasteiger partial charge in [0.15, 0.2) is 0 Å². The number of carbonyl (C=O) groups is 1. The van der Waals surface area contributed by atoms with Crippen LogP contribution in [-0.2, 0) is 4.79 Å². The number of piperazine rings is 1. The van der Waals surface area contributed by atoms with Gasteiger partial charge in [0.1, 0.15) is 17.8 Å². The van der Waals surface area contributed by atoms with Gasteiger partial charge in [0.05, 0.1) is 11.9 Å². The topological polar surface area (TPSA) is 86.3 Å². The van der Waals surface area contributed by atoms with Crippen LogP contribution in [0.1, 0.15) is 17.3 Å². The summed E-state index contributed by atoms with van der Waals surface area (Å²) in [6.07, 6.45) is 1.71. The summed E-state index contributed by atoms with van der Waals surface area (Å²) in [6, 6.07) is 12.4. The first kappa shape index (κ1) is 17.2. The minimum atomic E-state index is -0.460. The molecule has 0 radical (unpaired) electrons. The number of pyridine rings is 1. The highest BCUT2D eigenvalue weighted by molar-refractivity contribution is 6.30. The predicted octanol–water partition coefficient (Wildman–Crippen LogP) is 1.96. The normalized spacial score (nSPS) is 16.2. The van der Waals surface area contributed by atoms with Crippen LogP contribution in [0, 0.1) is 11.3 Å². The van der Waals surface area contributed by atoms with E-state index in [-0.39, 0.29) is 5.91 Å². The largest absolute Gasteiger partial charge is 0.368 e. The first-order valence-corrected chi connectivity index (χ1v) is 8.36. The second-order valence-electron chi connectivity index (χ2n) is 5.89. The van der Waals surface area contributed by atoms with Crippen molar-refractivity contribution in [3.63, 3.8) is 0 Å². The molecule has 6 nitrogen and oxygen atoms in total. The van der Waals surface area contributed by atoms with Crippen LogP contribution in [0.5, 0.6) is 0 Å². The summed E-state index contributed by atoms with van der Waals surface area (Å²) >= 11 is 5.93. The molecule has 1 fully saturated rings. The fourth-order valence-corrected chi connectivity index (χ4v) is 3.20. The molecule has 2 heterocycles. The summed E-state index contributed by atoms with van der Waals surface area (Å²) in [5, 5.41) is 9.46. The maximum atomic E-state index is 12.0. The molecule has 1 unspecified atom stereocenters. The quantitative estimate of drug-likeness (QED) is 0.905. The summed E-state index contributed by atoms with van der Waals surface area (Å²) < 4.78 is 0. The molecule has 1 aromatic carbocycles. The summed E-state index contributed by atoms with van der Waals surface area (Å²) in [5.41, 5.74) is 7.87. The number of benzene rings is 1. The summed E-state index contributed by atoms with van der Waals surface area (Å²) in [5.74, 6) is -0.365. The van der Waals surface area contributed by atoms with Gasteiger partial charge in [-0.15, -0.1) is 0 Å². The molecule has 1 atom stereocenters. The minimum absolute atomic E-state index is 0.365. The molecule has 1 aliphatic rings. The van der Waals surface area contributed by atoms with E-state index in [0.29, 0.717) is 23.8 Å². The van der Waals surface area contributed by atoms with Gasteiger partial charge in [-0.05, 0) is 29.8 Å². The van der Waals surface area contributed by atoms with Crippen molar-refractivity contribution in [2.45, 2.75) is 6.04 Å². The Morgan fingerprint density at radius 3 is 2.36 bits per heavy atom. The van der Waals surface area contributed by atoms with Crippen molar-refractivity contribution in [1.29, 1.82) is 5.26 Å². The van der Waals surface area contributed by atoms with E-state index in [0.717, 1.165) is 24.3 Å². The second kappa shape index (κ2) is 7.51. The van der Waals surface area contributed by atoms with Gasteiger partial charge in [-0.2, -0.15) is 5.26 Å². The molecule has 0 aliphatic carbocycles. The van der Waals surface area contributed by atoms with E-state index in [1.54, 1.807) is 24.4 Å². The molecule has 1 saturated heterocycles. The van der Waals surface area contributed by atoms with Crippen LogP contribution >= 0.6 is 11.6 Å². The van der Waals surface area contributed by atoms with Gasteiger partial charge in [0.2, 0.25) is 5.91 Å². The van der Waals surface area contributed by atoms with Crippen LogP contribution < -0.4 is 10.6 Å². The third-order valence-corrected chi connectivity index (χ3v) is 4.61. The van der Waals surface area contributed by atoms with E-state index in [9.17, 15) is 4.79 Å². The van der Waals surface area contributed by atoms with Crippen molar-refractivity contribution in [3.8, 4) is 6.07 Å². The first-order valence-electron chi connectivity index (χ1n) is 7.98. The predicted molar refractivity (Wildman–Crippen MR) is 96.1 cm³/mol. The Balaban J connectivity index is 1.70. The molecule has 1 aliphatic heterocycles. The molecule has 7 heteroatoms. The van der Waals surface area contributed by atoms with Gasteiger partial charge in [-0.3, -0.25) is 9.69 Å². The number of halogens is 1. The second-order valence-corrected chi connectivity index (χ2v) is 6.33. The Morgan fingerprint density at radius 2 is 1.84 bits per heavy atom. The number of aromatic nitrogens is 1. The number of carbonyl (C=O) groups excluding carboxylic acids is 1. The molecule has 2 aromatic rings.